The van der Waals surface area contributed by atoms with Gasteiger partial charge in [0.05, 0.1) is 18.7 Å². The van der Waals surface area contributed by atoms with Crippen molar-refractivity contribution in [3.63, 3.8) is 0 Å². The van der Waals surface area contributed by atoms with Crippen LogP contribution in [-0.4, -0.2) is 37.0 Å². The number of methoxy groups -OCH3 is 1. The van der Waals surface area contributed by atoms with Gasteiger partial charge >= 0.3 is 0 Å². The van der Waals surface area contributed by atoms with Crippen molar-refractivity contribution in [1.82, 2.24) is 0 Å². The van der Waals surface area contributed by atoms with Crippen LogP contribution < -0.4 is 14.5 Å². The summed E-state index contributed by atoms with van der Waals surface area (Å²) in [5.74, 6) is -1.00. The third-order valence-corrected chi connectivity index (χ3v) is 6.16. The standard InChI is InChI=1S/C28H28N2O4/c1-4-29(5-2)21-14-16-22(17-15-21)30-25(20-12-9-13-23(18-20)34-3)24(27(32)28(30)33)26(31)19-10-7-6-8-11-19/h6-18,25,31H,4-5H2,1-3H3/b26-24-. The van der Waals surface area contributed by atoms with Crippen molar-refractivity contribution in [3.05, 3.63) is 95.6 Å². The van der Waals surface area contributed by atoms with E-state index in [0.29, 0.717) is 22.6 Å². The highest BCUT2D eigenvalue weighted by atomic mass is 16.5. The van der Waals surface area contributed by atoms with Gasteiger partial charge in [-0.25, -0.2) is 0 Å². The van der Waals surface area contributed by atoms with Gasteiger partial charge < -0.3 is 14.7 Å². The Morgan fingerprint density at radius 1 is 0.941 bits per heavy atom. The van der Waals surface area contributed by atoms with Gasteiger partial charge in [0.2, 0.25) is 0 Å². The molecule has 1 amide bonds. The molecular weight excluding hydrogens is 428 g/mol. The number of amides is 1. The van der Waals surface area contributed by atoms with Crippen LogP contribution in [0, 0.1) is 0 Å². The Hall–Kier alpha value is -4.06. The molecule has 1 atom stereocenters. The van der Waals surface area contributed by atoms with Crippen LogP contribution >= 0.6 is 0 Å². The van der Waals surface area contributed by atoms with Crippen molar-refractivity contribution in [1.29, 1.82) is 0 Å². The molecule has 1 heterocycles. The summed E-state index contributed by atoms with van der Waals surface area (Å²) in [4.78, 5) is 30.2. The molecule has 1 aliphatic rings. The van der Waals surface area contributed by atoms with Crippen LogP contribution in [0.25, 0.3) is 5.76 Å². The smallest absolute Gasteiger partial charge is 0.300 e. The van der Waals surface area contributed by atoms with Crippen molar-refractivity contribution in [3.8, 4) is 5.75 Å². The summed E-state index contributed by atoms with van der Waals surface area (Å²) in [5, 5.41) is 11.2. The average molecular weight is 457 g/mol. The monoisotopic (exact) mass is 456 g/mol. The summed E-state index contributed by atoms with van der Waals surface area (Å²) < 4.78 is 5.38. The van der Waals surface area contributed by atoms with Gasteiger partial charge in [-0.2, -0.15) is 0 Å². The molecule has 0 spiro atoms. The van der Waals surface area contributed by atoms with Gasteiger partial charge in [-0.05, 0) is 55.8 Å². The fourth-order valence-corrected chi connectivity index (χ4v) is 4.39. The number of anilines is 2. The lowest BCUT2D eigenvalue weighted by Gasteiger charge is -2.27. The minimum atomic E-state index is -0.797. The molecule has 174 valence electrons. The van der Waals surface area contributed by atoms with Gasteiger partial charge in [-0.15, -0.1) is 0 Å². The molecule has 3 aromatic rings. The molecule has 3 aromatic carbocycles. The third-order valence-electron chi connectivity index (χ3n) is 6.16. The number of rotatable bonds is 7. The van der Waals surface area contributed by atoms with Gasteiger partial charge in [-0.3, -0.25) is 14.5 Å². The molecule has 0 aromatic heterocycles. The molecule has 0 saturated carbocycles. The molecule has 1 fully saturated rings. The molecule has 6 heteroatoms. The average Bonchev–Trinajstić information content (AvgIpc) is 3.15. The SMILES string of the molecule is CCN(CC)c1ccc(N2C(=O)C(=O)/C(=C(\O)c3ccccc3)C2c2cccc(OC)c2)cc1. The second kappa shape index (κ2) is 9.83. The predicted octanol–water partition coefficient (Wildman–Crippen LogP) is 5.17. The van der Waals surface area contributed by atoms with E-state index in [1.807, 2.05) is 36.4 Å². The minimum Gasteiger partial charge on any atom is -0.507 e. The Morgan fingerprint density at radius 3 is 2.24 bits per heavy atom. The second-order valence-corrected chi connectivity index (χ2v) is 8.00. The van der Waals surface area contributed by atoms with Crippen LogP contribution in [0.1, 0.15) is 31.0 Å². The Balaban J connectivity index is 1.88. The van der Waals surface area contributed by atoms with Crippen LogP contribution in [0.2, 0.25) is 0 Å². The maximum atomic E-state index is 13.3. The molecule has 6 nitrogen and oxygen atoms in total. The van der Waals surface area contributed by atoms with Crippen LogP contribution in [0.15, 0.2) is 84.4 Å². The van der Waals surface area contributed by atoms with Gasteiger partial charge in [0, 0.05) is 30.0 Å². The molecule has 0 aliphatic carbocycles. The number of nitrogens with zero attached hydrogens (tertiary/aromatic N) is 2. The molecule has 4 rings (SSSR count). The zero-order chi connectivity index (χ0) is 24.2. The Bertz CT molecular complexity index is 1210. The summed E-state index contributed by atoms with van der Waals surface area (Å²) in [7, 11) is 1.56. The number of carbonyl (C=O) groups excluding carboxylic acids is 2. The lowest BCUT2D eigenvalue weighted by atomic mass is 9.95. The highest BCUT2D eigenvalue weighted by Gasteiger charge is 2.47. The summed E-state index contributed by atoms with van der Waals surface area (Å²) in [6.45, 7) is 5.90. The Morgan fingerprint density at radius 2 is 1.62 bits per heavy atom. The van der Waals surface area contributed by atoms with Crippen molar-refractivity contribution in [2.45, 2.75) is 19.9 Å². The van der Waals surface area contributed by atoms with E-state index in [1.54, 1.807) is 49.6 Å². The first-order valence-corrected chi connectivity index (χ1v) is 11.4. The van der Waals surface area contributed by atoms with E-state index < -0.39 is 17.7 Å². The summed E-state index contributed by atoms with van der Waals surface area (Å²) in [6, 6.07) is 22.8. The topological polar surface area (TPSA) is 70.1 Å². The van der Waals surface area contributed by atoms with Crippen molar-refractivity contribution in [2.24, 2.45) is 0 Å². The highest BCUT2D eigenvalue weighted by molar-refractivity contribution is 6.51. The maximum absolute atomic E-state index is 13.3. The summed E-state index contributed by atoms with van der Waals surface area (Å²) in [6.07, 6.45) is 0. The molecule has 1 N–H and O–H groups in total. The molecule has 0 radical (unpaired) electrons. The van der Waals surface area contributed by atoms with Crippen LogP contribution in [-0.2, 0) is 9.59 Å². The van der Waals surface area contributed by atoms with E-state index >= 15 is 0 Å². The number of hydrogen-bond acceptors (Lipinski definition) is 5. The van der Waals surface area contributed by atoms with Crippen molar-refractivity contribution in [2.75, 3.05) is 30.0 Å². The molecule has 34 heavy (non-hydrogen) atoms. The van der Waals surface area contributed by atoms with E-state index in [2.05, 4.69) is 18.7 Å². The summed E-state index contributed by atoms with van der Waals surface area (Å²) >= 11 is 0. The van der Waals surface area contributed by atoms with Crippen LogP contribution in [0.4, 0.5) is 11.4 Å². The second-order valence-electron chi connectivity index (χ2n) is 8.00. The van der Waals surface area contributed by atoms with Gasteiger partial charge in [0.25, 0.3) is 11.7 Å². The van der Waals surface area contributed by atoms with Gasteiger partial charge in [0.15, 0.2) is 0 Å². The van der Waals surface area contributed by atoms with Crippen molar-refractivity contribution >= 4 is 28.8 Å². The lowest BCUT2D eigenvalue weighted by Crippen LogP contribution is -2.29. The zero-order valence-corrected chi connectivity index (χ0v) is 19.6. The fraction of sp³-hybridized carbons (Fsp3) is 0.214. The number of benzene rings is 3. The number of carbonyl (C=O) groups is 2. The minimum absolute atomic E-state index is 0.0530. The molecular formula is C28H28N2O4. The largest absolute Gasteiger partial charge is 0.507 e. The third kappa shape index (κ3) is 4.15. The fourth-order valence-electron chi connectivity index (χ4n) is 4.39. The Kier molecular flexibility index (Phi) is 6.68. The van der Waals surface area contributed by atoms with Gasteiger partial charge in [0.1, 0.15) is 11.5 Å². The zero-order valence-electron chi connectivity index (χ0n) is 19.6. The Labute approximate surface area is 199 Å². The van der Waals surface area contributed by atoms with E-state index in [0.717, 1.165) is 18.8 Å². The van der Waals surface area contributed by atoms with Gasteiger partial charge in [-0.1, -0.05) is 42.5 Å². The van der Waals surface area contributed by atoms with Crippen LogP contribution in [0.3, 0.4) is 0 Å². The van der Waals surface area contributed by atoms with E-state index in [1.165, 1.54) is 4.90 Å². The maximum Gasteiger partial charge on any atom is 0.300 e. The number of Topliss-reactive ketones (excluding diaryl/α,β-unsaturated/α-hetero) is 1. The van der Waals surface area contributed by atoms with E-state index in [9.17, 15) is 14.7 Å². The molecule has 1 unspecified atom stereocenters. The quantitative estimate of drug-likeness (QED) is 0.302. The first-order valence-electron chi connectivity index (χ1n) is 11.4. The number of aliphatic hydroxyl groups excluding tert-OH is 1. The van der Waals surface area contributed by atoms with E-state index in [4.69, 9.17) is 4.74 Å². The molecule has 0 bridgehead atoms. The lowest BCUT2D eigenvalue weighted by molar-refractivity contribution is -0.132. The number of ether oxygens (including phenoxy) is 1. The number of aliphatic hydroxyl groups is 1. The van der Waals surface area contributed by atoms with E-state index in [-0.39, 0.29) is 11.3 Å². The highest BCUT2D eigenvalue weighted by Crippen LogP contribution is 2.43. The molecule has 1 saturated heterocycles. The predicted molar refractivity (Wildman–Crippen MR) is 134 cm³/mol. The first-order chi connectivity index (χ1) is 16.5. The van der Waals surface area contributed by atoms with Crippen LogP contribution in [0.5, 0.6) is 5.75 Å². The normalized spacial score (nSPS) is 17.1. The number of hydrogen-bond donors (Lipinski definition) is 1. The summed E-state index contributed by atoms with van der Waals surface area (Å²) in [5.41, 5.74) is 2.82. The first kappa shape index (κ1) is 23.1. The van der Waals surface area contributed by atoms with Crippen molar-refractivity contribution < 1.29 is 19.4 Å². The number of ketones is 1. The molecule has 1 aliphatic heterocycles.